The zero-order valence-corrected chi connectivity index (χ0v) is 13.2. The number of hydrogen-bond acceptors (Lipinski definition) is 5. The average molecular weight is 318 g/mol. The number of hydrogen-bond donors (Lipinski definition) is 3. The maximum atomic E-state index is 12.0. The summed E-state index contributed by atoms with van der Waals surface area (Å²) >= 11 is 0. The SMILES string of the molecule is CC1(c2ccc(N3CCN(CCO)CC3)cc2)NC(=O)NC1=O. The van der Waals surface area contributed by atoms with Crippen molar-refractivity contribution in [3.8, 4) is 0 Å². The predicted octanol–water partition coefficient (Wildman–Crippen LogP) is -0.144. The van der Waals surface area contributed by atoms with Gasteiger partial charge in [0.15, 0.2) is 0 Å². The van der Waals surface area contributed by atoms with Crippen LogP contribution in [0, 0.1) is 0 Å². The number of imide groups is 1. The van der Waals surface area contributed by atoms with Crippen molar-refractivity contribution >= 4 is 17.6 Å². The monoisotopic (exact) mass is 318 g/mol. The molecule has 2 heterocycles. The van der Waals surface area contributed by atoms with Gasteiger partial charge >= 0.3 is 6.03 Å². The molecule has 0 bridgehead atoms. The number of β-amino-alcohol motifs (C(OH)–C–C–N with tert-alkyl or cyclic N) is 1. The Morgan fingerprint density at radius 2 is 1.78 bits per heavy atom. The number of amides is 3. The fourth-order valence-corrected chi connectivity index (χ4v) is 3.12. The van der Waals surface area contributed by atoms with Crippen molar-refractivity contribution in [2.75, 3.05) is 44.2 Å². The molecule has 124 valence electrons. The van der Waals surface area contributed by atoms with Crippen molar-refractivity contribution in [2.24, 2.45) is 0 Å². The molecule has 1 unspecified atom stereocenters. The van der Waals surface area contributed by atoms with Gasteiger partial charge in [0.25, 0.3) is 5.91 Å². The lowest BCUT2D eigenvalue weighted by Crippen LogP contribution is -2.47. The number of urea groups is 1. The van der Waals surface area contributed by atoms with Crippen LogP contribution in [0.5, 0.6) is 0 Å². The summed E-state index contributed by atoms with van der Waals surface area (Å²) in [6.07, 6.45) is 0. The van der Waals surface area contributed by atoms with Gasteiger partial charge in [-0.05, 0) is 24.6 Å². The first-order valence-corrected chi connectivity index (χ1v) is 7.85. The summed E-state index contributed by atoms with van der Waals surface area (Å²) < 4.78 is 0. The normalized spacial score (nSPS) is 25.4. The summed E-state index contributed by atoms with van der Waals surface area (Å²) in [6.45, 7) is 6.30. The van der Waals surface area contributed by atoms with Crippen molar-refractivity contribution in [1.82, 2.24) is 15.5 Å². The van der Waals surface area contributed by atoms with E-state index < -0.39 is 11.6 Å². The van der Waals surface area contributed by atoms with Crippen LogP contribution in [0.3, 0.4) is 0 Å². The molecule has 2 aliphatic rings. The Hall–Kier alpha value is -2.12. The minimum absolute atomic E-state index is 0.195. The van der Waals surface area contributed by atoms with E-state index in [0.717, 1.165) is 44.0 Å². The second-order valence-corrected chi connectivity index (χ2v) is 6.13. The van der Waals surface area contributed by atoms with Gasteiger partial charge in [-0.3, -0.25) is 15.0 Å². The van der Waals surface area contributed by atoms with Gasteiger partial charge in [0, 0.05) is 38.4 Å². The largest absolute Gasteiger partial charge is 0.395 e. The van der Waals surface area contributed by atoms with Crippen LogP contribution in [-0.4, -0.2) is 61.3 Å². The first-order chi connectivity index (χ1) is 11.0. The van der Waals surface area contributed by atoms with Crippen molar-refractivity contribution in [3.05, 3.63) is 29.8 Å². The summed E-state index contributed by atoms with van der Waals surface area (Å²) in [5, 5.41) is 13.9. The quantitative estimate of drug-likeness (QED) is 0.673. The Morgan fingerprint density at radius 3 is 2.30 bits per heavy atom. The van der Waals surface area contributed by atoms with Crippen LogP contribution in [0.4, 0.5) is 10.5 Å². The molecule has 23 heavy (non-hydrogen) atoms. The number of aliphatic hydroxyl groups excluding tert-OH is 1. The molecule has 2 aliphatic heterocycles. The predicted molar refractivity (Wildman–Crippen MR) is 86.2 cm³/mol. The summed E-state index contributed by atoms with van der Waals surface area (Å²) in [4.78, 5) is 27.9. The second kappa shape index (κ2) is 6.17. The molecular weight excluding hydrogens is 296 g/mol. The molecule has 0 aromatic heterocycles. The van der Waals surface area contributed by atoms with Gasteiger partial charge in [-0.15, -0.1) is 0 Å². The van der Waals surface area contributed by atoms with Gasteiger partial charge in [-0.2, -0.15) is 0 Å². The van der Waals surface area contributed by atoms with Crippen molar-refractivity contribution in [1.29, 1.82) is 0 Å². The molecule has 7 nitrogen and oxygen atoms in total. The van der Waals surface area contributed by atoms with Gasteiger partial charge in [0.05, 0.1) is 6.61 Å². The third-order valence-electron chi connectivity index (χ3n) is 4.64. The minimum atomic E-state index is -1.00. The van der Waals surface area contributed by atoms with Crippen LogP contribution in [0.2, 0.25) is 0 Å². The molecular formula is C16H22N4O3. The molecule has 1 atom stereocenters. The van der Waals surface area contributed by atoms with E-state index in [4.69, 9.17) is 5.11 Å². The average Bonchev–Trinajstić information content (AvgIpc) is 2.82. The number of nitrogens with one attached hydrogen (secondary N) is 2. The van der Waals surface area contributed by atoms with Crippen molar-refractivity contribution in [3.63, 3.8) is 0 Å². The standard InChI is InChI=1S/C16H22N4O3/c1-16(14(22)17-15(23)18-16)12-2-4-13(5-3-12)20-8-6-19(7-9-20)10-11-21/h2-5,21H,6-11H2,1H3,(H2,17,18,22,23). The van der Waals surface area contributed by atoms with E-state index in [0.29, 0.717) is 0 Å². The smallest absolute Gasteiger partial charge is 0.322 e. The first-order valence-electron chi connectivity index (χ1n) is 7.85. The van der Waals surface area contributed by atoms with Gasteiger partial charge in [0.1, 0.15) is 5.54 Å². The van der Waals surface area contributed by atoms with E-state index in [1.54, 1.807) is 6.92 Å². The Kier molecular flexibility index (Phi) is 4.23. The molecule has 3 N–H and O–H groups in total. The van der Waals surface area contributed by atoms with Crippen molar-refractivity contribution < 1.29 is 14.7 Å². The molecule has 1 aromatic rings. The number of aliphatic hydroxyl groups is 1. The molecule has 0 aliphatic carbocycles. The lowest BCUT2D eigenvalue weighted by atomic mass is 9.92. The lowest BCUT2D eigenvalue weighted by Gasteiger charge is -2.36. The fourth-order valence-electron chi connectivity index (χ4n) is 3.12. The number of piperazine rings is 1. The fraction of sp³-hybridized carbons (Fsp3) is 0.500. The van der Waals surface area contributed by atoms with E-state index in [2.05, 4.69) is 20.4 Å². The molecule has 1 aromatic carbocycles. The number of carbonyl (C=O) groups is 2. The molecule has 7 heteroatoms. The molecule has 2 fully saturated rings. The zero-order chi connectivity index (χ0) is 16.4. The number of nitrogens with zero attached hydrogens (tertiary/aromatic N) is 2. The van der Waals surface area contributed by atoms with E-state index >= 15 is 0 Å². The van der Waals surface area contributed by atoms with Gasteiger partial charge in [-0.25, -0.2) is 4.79 Å². The van der Waals surface area contributed by atoms with Gasteiger partial charge in [0.2, 0.25) is 0 Å². The molecule has 3 rings (SSSR count). The van der Waals surface area contributed by atoms with Crippen LogP contribution in [-0.2, 0) is 10.3 Å². The van der Waals surface area contributed by atoms with E-state index in [9.17, 15) is 9.59 Å². The van der Waals surface area contributed by atoms with Crippen LogP contribution in [0.1, 0.15) is 12.5 Å². The summed E-state index contributed by atoms with van der Waals surface area (Å²) in [5.74, 6) is -0.326. The molecule has 3 amide bonds. The van der Waals surface area contributed by atoms with Crippen LogP contribution < -0.4 is 15.5 Å². The van der Waals surface area contributed by atoms with Gasteiger partial charge in [-0.1, -0.05) is 12.1 Å². The molecule has 0 saturated carbocycles. The summed E-state index contributed by atoms with van der Waals surface area (Å²) in [6, 6.07) is 7.29. The maximum absolute atomic E-state index is 12.0. The Balaban J connectivity index is 1.69. The highest BCUT2D eigenvalue weighted by Crippen LogP contribution is 2.27. The highest BCUT2D eigenvalue weighted by molar-refractivity contribution is 6.07. The molecule has 2 saturated heterocycles. The number of rotatable bonds is 4. The van der Waals surface area contributed by atoms with E-state index in [1.807, 2.05) is 24.3 Å². The summed E-state index contributed by atoms with van der Waals surface area (Å²) in [5.41, 5.74) is 0.865. The van der Waals surface area contributed by atoms with Gasteiger partial charge < -0.3 is 15.3 Å². The van der Waals surface area contributed by atoms with Crippen LogP contribution in [0.25, 0.3) is 0 Å². The van der Waals surface area contributed by atoms with Crippen LogP contribution in [0.15, 0.2) is 24.3 Å². The Bertz CT molecular complexity index is 596. The Labute approximate surface area is 135 Å². The number of benzene rings is 1. The lowest BCUT2D eigenvalue weighted by molar-refractivity contribution is -0.123. The maximum Gasteiger partial charge on any atom is 0.322 e. The van der Waals surface area contributed by atoms with E-state index in [-0.39, 0.29) is 12.5 Å². The van der Waals surface area contributed by atoms with Crippen molar-refractivity contribution in [2.45, 2.75) is 12.5 Å². The number of anilines is 1. The highest BCUT2D eigenvalue weighted by atomic mass is 16.3. The van der Waals surface area contributed by atoms with E-state index in [1.165, 1.54) is 0 Å². The summed E-state index contributed by atoms with van der Waals surface area (Å²) in [7, 11) is 0. The third-order valence-corrected chi connectivity index (χ3v) is 4.64. The third kappa shape index (κ3) is 3.02. The number of carbonyl (C=O) groups excluding carboxylic acids is 2. The Morgan fingerprint density at radius 1 is 1.13 bits per heavy atom. The molecule has 0 radical (unpaired) electrons. The first kappa shape index (κ1) is 15.8. The van der Waals surface area contributed by atoms with Crippen LogP contribution >= 0.6 is 0 Å². The molecule has 0 spiro atoms. The second-order valence-electron chi connectivity index (χ2n) is 6.13. The minimum Gasteiger partial charge on any atom is -0.395 e. The zero-order valence-electron chi connectivity index (χ0n) is 13.2. The highest BCUT2D eigenvalue weighted by Gasteiger charge is 2.43. The topological polar surface area (TPSA) is 84.9 Å².